The number of aliphatic carboxylic acids is 1. The van der Waals surface area contributed by atoms with Crippen LogP contribution in [0.5, 0.6) is 11.6 Å². The minimum atomic E-state index is -1.13. The highest BCUT2D eigenvalue weighted by Crippen LogP contribution is 2.52. The van der Waals surface area contributed by atoms with Crippen molar-refractivity contribution in [2.75, 3.05) is 20.2 Å². The van der Waals surface area contributed by atoms with Gasteiger partial charge in [0.15, 0.2) is 0 Å². The first-order valence-corrected chi connectivity index (χ1v) is 14.5. The Balaban J connectivity index is 1.31. The number of aliphatic hydroxyl groups excluding tert-OH is 1. The number of carboxylic acids is 1. The zero-order valence-corrected chi connectivity index (χ0v) is 23.6. The number of carbonyl (C=O) groups is 1. The van der Waals surface area contributed by atoms with Crippen molar-refractivity contribution in [3.63, 3.8) is 0 Å². The third-order valence-electron chi connectivity index (χ3n) is 9.16. The number of aromatic nitrogens is 1. The summed E-state index contributed by atoms with van der Waals surface area (Å²) in [6.07, 6.45) is 6.52. The van der Waals surface area contributed by atoms with Gasteiger partial charge in [-0.05, 0) is 91.3 Å². The molecule has 8 heteroatoms. The van der Waals surface area contributed by atoms with Gasteiger partial charge in [-0.3, -0.25) is 9.69 Å². The molecule has 3 atom stereocenters. The normalized spacial score (nSPS) is 21.0. The number of ether oxygens (including phenoxy) is 2. The largest absolute Gasteiger partial charge is 0.485 e. The molecule has 7 nitrogen and oxygen atoms in total. The van der Waals surface area contributed by atoms with Crippen LogP contribution in [0.4, 0.5) is 4.39 Å². The maximum Gasteiger partial charge on any atom is 0.309 e. The molecule has 0 bridgehead atoms. The van der Waals surface area contributed by atoms with Crippen LogP contribution < -0.4 is 9.47 Å². The highest BCUT2D eigenvalue weighted by atomic mass is 19.1. The summed E-state index contributed by atoms with van der Waals surface area (Å²) in [5.41, 5.74) is 5.38. The number of aryl methyl sites for hydroxylation is 1. The molecule has 1 unspecified atom stereocenters. The van der Waals surface area contributed by atoms with Gasteiger partial charge in [0.05, 0.1) is 25.3 Å². The van der Waals surface area contributed by atoms with Crippen LogP contribution in [0.1, 0.15) is 73.5 Å². The van der Waals surface area contributed by atoms with Crippen LogP contribution in [0.3, 0.4) is 0 Å². The fourth-order valence-corrected chi connectivity index (χ4v) is 6.44. The molecule has 0 radical (unpaired) electrons. The average Bonchev–Trinajstić information content (AvgIpc) is 3.73. The molecule has 3 heterocycles. The third kappa shape index (κ3) is 5.68. The number of nitrogens with zero attached hydrogens (tertiary/aromatic N) is 2. The van der Waals surface area contributed by atoms with E-state index in [1.54, 1.807) is 18.2 Å². The first kappa shape index (κ1) is 27.7. The van der Waals surface area contributed by atoms with E-state index in [9.17, 15) is 15.0 Å². The third-order valence-corrected chi connectivity index (χ3v) is 9.16. The van der Waals surface area contributed by atoms with Gasteiger partial charge < -0.3 is 19.7 Å². The Kier molecular flexibility index (Phi) is 7.47. The summed E-state index contributed by atoms with van der Waals surface area (Å²) in [6.45, 7) is 4.32. The van der Waals surface area contributed by atoms with Crippen molar-refractivity contribution in [3.05, 3.63) is 76.7 Å². The number of pyridine rings is 1. The van der Waals surface area contributed by atoms with Gasteiger partial charge in [-0.15, -0.1) is 0 Å². The predicted octanol–water partition coefficient (Wildman–Crippen LogP) is 6.09. The van der Waals surface area contributed by atoms with E-state index in [1.807, 2.05) is 18.2 Å². The minimum Gasteiger partial charge on any atom is -0.485 e. The van der Waals surface area contributed by atoms with Crippen molar-refractivity contribution >= 4 is 5.97 Å². The van der Waals surface area contributed by atoms with Crippen molar-refractivity contribution in [1.29, 1.82) is 0 Å². The lowest BCUT2D eigenvalue weighted by molar-refractivity contribution is -0.145. The van der Waals surface area contributed by atoms with Crippen molar-refractivity contribution in [3.8, 4) is 22.8 Å². The molecule has 41 heavy (non-hydrogen) atoms. The summed E-state index contributed by atoms with van der Waals surface area (Å²) < 4.78 is 26.9. The van der Waals surface area contributed by atoms with Crippen LogP contribution in [0, 0.1) is 17.2 Å². The van der Waals surface area contributed by atoms with Gasteiger partial charge in [0, 0.05) is 24.7 Å². The first-order valence-electron chi connectivity index (χ1n) is 14.5. The smallest absolute Gasteiger partial charge is 0.309 e. The zero-order chi connectivity index (χ0) is 28.7. The molecule has 3 aliphatic rings. The highest BCUT2D eigenvalue weighted by molar-refractivity contribution is 5.71. The Morgan fingerprint density at radius 2 is 2.02 bits per heavy atom. The lowest BCUT2D eigenvalue weighted by atomic mass is 9.90. The number of hydrogen-bond donors (Lipinski definition) is 2. The van der Waals surface area contributed by atoms with Crippen molar-refractivity contribution < 1.29 is 28.9 Å². The fourth-order valence-electron chi connectivity index (χ4n) is 6.44. The number of hydrogen-bond acceptors (Lipinski definition) is 6. The van der Waals surface area contributed by atoms with E-state index >= 15 is 4.39 Å². The van der Waals surface area contributed by atoms with Gasteiger partial charge in [-0.2, -0.15) is 0 Å². The number of methoxy groups -OCH3 is 1. The molecule has 6 rings (SSSR count). The molecule has 1 aromatic heterocycles. The average molecular weight is 561 g/mol. The molecule has 2 aromatic carbocycles. The van der Waals surface area contributed by atoms with Crippen LogP contribution in [0.2, 0.25) is 0 Å². The second-order valence-electron chi connectivity index (χ2n) is 12.0. The Hall–Kier alpha value is -3.49. The molecule has 1 saturated carbocycles. The van der Waals surface area contributed by atoms with Gasteiger partial charge in [-0.1, -0.05) is 30.3 Å². The topological polar surface area (TPSA) is 92.1 Å². The molecule has 1 spiro atoms. The van der Waals surface area contributed by atoms with Crippen molar-refractivity contribution in [2.45, 2.75) is 64.2 Å². The molecular weight excluding hydrogens is 523 g/mol. The molecule has 2 aliphatic heterocycles. The molecule has 0 amide bonds. The summed E-state index contributed by atoms with van der Waals surface area (Å²) in [4.78, 5) is 17.9. The lowest BCUT2D eigenvalue weighted by Gasteiger charge is -2.34. The van der Waals surface area contributed by atoms with Crippen LogP contribution in [-0.2, 0) is 17.8 Å². The van der Waals surface area contributed by atoms with Crippen molar-refractivity contribution in [1.82, 2.24) is 9.88 Å². The number of likely N-dealkylation sites (tertiary alicyclic amines) is 1. The second kappa shape index (κ2) is 11.1. The second-order valence-corrected chi connectivity index (χ2v) is 12.0. The SMILES string of the molecule is COc1cc(-c2ccc(C3CCc4ccc([C@H](O)[C@H](C)C(=O)O)cc4O3)cc2CN2CCCC3(CC3)C2)c(F)cn1. The monoisotopic (exact) mass is 560 g/mol. The number of halogens is 1. The predicted molar refractivity (Wildman–Crippen MR) is 152 cm³/mol. The highest BCUT2D eigenvalue weighted by Gasteiger charge is 2.45. The van der Waals surface area contributed by atoms with E-state index in [2.05, 4.69) is 16.0 Å². The molecule has 216 valence electrons. The Morgan fingerprint density at radius 1 is 1.20 bits per heavy atom. The van der Waals surface area contributed by atoms with Gasteiger partial charge in [0.25, 0.3) is 0 Å². The number of piperidine rings is 1. The number of aliphatic hydroxyl groups is 1. The first-order chi connectivity index (χ1) is 19.7. The molecule has 2 fully saturated rings. The van der Waals surface area contributed by atoms with E-state index in [4.69, 9.17) is 9.47 Å². The molecule has 3 aromatic rings. The summed E-state index contributed by atoms with van der Waals surface area (Å²) in [7, 11) is 1.53. The van der Waals surface area contributed by atoms with Gasteiger partial charge in [-0.25, -0.2) is 9.37 Å². The number of rotatable bonds is 8. The summed E-state index contributed by atoms with van der Waals surface area (Å²) >= 11 is 0. The summed E-state index contributed by atoms with van der Waals surface area (Å²) in [5, 5.41) is 19.9. The molecule has 1 saturated heterocycles. The lowest BCUT2D eigenvalue weighted by Crippen LogP contribution is -2.36. The van der Waals surface area contributed by atoms with E-state index in [0.29, 0.717) is 28.2 Å². The quantitative estimate of drug-likeness (QED) is 0.344. The molecule has 2 N–H and O–H groups in total. The molecular formula is C33H37FN2O5. The zero-order valence-electron chi connectivity index (χ0n) is 23.6. The number of benzene rings is 2. The van der Waals surface area contributed by atoms with Crippen LogP contribution in [-0.4, -0.2) is 46.3 Å². The summed E-state index contributed by atoms with van der Waals surface area (Å²) in [6, 6.07) is 13.3. The van der Waals surface area contributed by atoms with Crippen LogP contribution >= 0.6 is 0 Å². The van der Waals surface area contributed by atoms with E-state index in [-0.39, 0.29) is 11.9 Å². The Labute approximate surface area is 239 Å². The van der Waals surface area contributed by atoms with Crippen molar-refractivity contribution in [2.24, 2.45) is 11.3 Å². The molecule has 1 aliphatic carbocycles. The maximum absolute atomic E-state index is 15.1. The summed E-state index contributed by atoms with van der Waals surface area (Å²) in [5.74, 6) is -1.33. The van der Waals surface area contributed by atoms with Crippen LogP contribution in [0.25, 0.3) is 11.1 Å². The van der Waals surface area contributed by atoms with Crippen LogP contribution in [0.15, 0.2) is 48.7 Å². The van der Waals surface area contributed by atoms with E-state index in [0.717, 1.165) is 54.7 Å². The van der Waals surface area contributed by atoms with E-state index in [1.165, 1.54) is 45.9 Å². The van der Waals surface area contributed by atoms with Gasteiger partial charge in [0.1, 0.15) is 17.7 Å². The van der Waals surface area contributed by atoms with Gasteiger partial charge in [0.2, 0.25) is 5.88 Å². The standard InChI is InChI=1S/C33H37FN2O5/c1-20(32(38)39)31(37)23-5-4-21-7-9-28(41-29(21)15-23)22-6-8-25(26-16-30(40-2)35-17-27(26)34)24(14-22)18-36-13-3-10-33(19-36)11-12-33/h4-6,8,14-17,20,28,31,37H,3,7,9-13,18-19H2,1-2H3,(H,38,39)/t20-,28?,31+/m0/s1. The van der Waals surface area contributed by atoms with E-state index < -0.39 is 18.0 Å². The minimum absolute atomic E-state index is 0.215. The Morgan fingerprint density at radius 3 is 2.78 bits per heavy atom. The Bertz CT molecular complexity index is 1460. The number of carboxylic acid groups (broad SMARTS) is 1. The van der Waals surface area contributed by atoms with Gasteiger partial charge >= 0.3 is 5.97 Å². The number of fused-ring (bicyclic) bond motifs is 1. The maximum atomic E-state index is 15.1. The fraction of sp³-hybridized carbons (Fsp3) is 0.455.